The average Bonchev–Trinajstić information content (AvgIpc) is 3.11. The van der Waals surface area contributed by atoms with Gasteiger partial charge in [-0.3, -0.25) is 14.6 Å². The molecule has 1 N–H and O–H groups in total. The van der Waals surface area contributed by atoms with Crippen LogP contribution in [0.15, 0.2) is 5.38 Å². The molecule has 7 heteroatoms. The highest BCUT2D eigenvalue weighted by atomic mass is 32.2. The number of nitrogens with one attached hydrogen (secondary N) is 1. The first-order valence-electron chi connectivity index (χ1n) is 7.47. The predicted molar refractivity (Wildman–Crippen MR) is 89.0 cm³/mol. The minimum atomic E-state index is -0.0565. The summed E-state index contributed by atoms with van der Waals surface area (Å²) in [5, 5.41) is 5.50. The number of hydrogen-bond acceptors (Lipinski definition) is 6. The number of rotatable bonds is 4. The third-order valence-corrected chi connectivity index (χ3v) is 6.00. The Hall–Kier alpha value is -0.630. The van der Waals surface area contributed by atoms with Crippen molar-refractivity contribution in [2.24, 2.45) is 0 Å². The molecule has 0 aliphatic carbocycles. The molecule has 0 bridgehead atoms. The van der Waals surface area contributed by atoms with Crippen LogP contribution in [0.3, 0.4) is 0 Å². The first-order valence-corrected chi connectivity index (χ1v) is 9.50. The first-order chi connectivity index (χ1) is 10.2. The van der Waals surface area contributed by atoms with Gasteiger partial charge in [-0.1, -0.05) is 0 Å². The van der Waals surface area contributed by atoms with Gasteiger partial charge in [0.2, 0.25) is 5.91 Å². The Morgan fingerprint density at radius 3 is 2.90 bits per heavy atom. The lowest BCUT2D eigenvalue weighted by molar-refractivity contribution is -0.114. The van der Waals surface area contributed by atoms with E-state index in [0.29, 0.717) is 5.13 Å². The molecule has 0 aromatic carbocycles. The van der Waals surface area contributed by atoms with E-state index in [0.717, 1.165) is 31.4 Å². The lowest BCUT2D eigenvalue weighted by Gasteiger charge is -2.37. The Kier molecular flexibility index (Phi) is 5.15. The van der Waals surface area contributed by atoms with Crippen LogP contribution in [0.4, 0.5) is 5.13 Å². The van der Waals surface area contributed by atoms with Gasteiger partial charge in [0.15, 0.2) is 5.13 Å². The summed E-state index contributed by atoms with van der Waals surface area (Å²) in [7, 11) is 0. The van der Waals surface area contributed by atoms with Gasteiger partial charge in [0.1, 0.15) is 0 Å². The Balaban J connectivity index is 1.46. The SMILES string of the molecule is CC(=O)Nc1nc(CN2CCN([C@H]3CCSC3)CC2)cs1. The van der Waals surface area contributed by atoms with Crippen LogP contribution in [0.5, 0.6) is 0 Å². The highest BCUT2D eigenvalue weighted by Crippen LogP contribution is 2.24. The zero-order chi connectivity index (χ0) is 14.7. The molecular formula is C14H22N4OS2. The van der Waals surface area contributed by atoms with Gasteiger partial charge in [0.25, 0.3) is 0 Å². The summed E-state index contributed by atoms with van der Waals surface area (Å²) in [6.07, 6.45) is 1.36. The minimum Gasteiger partial charge on any atom is -0.302 e. The van der Waals surface area contributed by atoms with Gasteiger partial charge in [-0.05, 0) is 12.2 Å². The molecule has 0 spiro atoms. The van der Waals surface area contributed by atoms with Gasteiger partial charge in [-0.25, -0.2) is 4.98 Å². The number of amides is 1. The topological polar surface area (TPSA) is 48.5 Å². The molecule has 2 aliphatic rings. The van der Waals surface area contributed by atoms with E-state index >= 15 is 0 Å². The molecule has 1 amide bonds. The minimum absolute atomic E-state index is 0.0565. The lowest BCUT2D eigenvalue weighted by atomic mass is 10.2. The molecule has 1 atom stereocenters. The average molecular weight is 326 g/mol. The number of aromatic nitrogens is 1. The highest BCUT2D eigenvalue weighted by Gasteiger charge is 2.26. The Labute approximate surface area is 134 Å². The molecule has 2 fully saturated rings. The van der Waals surface area contributed by atoms with Crippen LogP contribution in [-0.2, 0) is 11.3 Å². The molecule has 0 saturated carbocycles. The number of nitrogens with zero attached hydrogens (tertiary/aromatic N) is 3. The van der Waals surface area contributed by atoms with E-state index < -0.39 is 0 Å². The van der Waals surface area contributed by atoms with Crippen molar-refractivity contribution < 1.29 is 4.79 Å². The number of hydrogen-bond donors (Lipinski definition) is 1. The maximum absolute atomic E-state index is 11.0. The van der Waals surface area contributed by atoms with E-state index in [4.69, 9.17) is 0 Å². The fraction of sp³-hybridized carbons (Fsp3) is 0.714. The second-order valence-electron chi connectivity index (χ2n) is 5.65. The van der Waals surface area contributed by atoms with E-state index in [1.807, 2.05) is 5.38 Å². The number of thioether (sulfide) groups is 1. The number of thiazole rings is 1. The van der Waals surface area contributed by atoms with Gasteiger partial charge in [-0.15, -0.1) is 11.3 Å². The maximum atomic E-state index is 11.0. The van der Waals surface area contributed by atoms with Gasteiger partial charge >= 0.3 is 0 Å². The molecule has 5 nitrogen and oxygen atoms in total. The number of carbonyl (C=O) groups excluding carboxylic acids is 1. The molecule has 21 heavy (non-hydrogen) atoms. The lowest BCUT2D eigenvalue weighted by Crippen LogP contribution is -2.50. The predicted octanol–water partition coefficient (Wildman–Crippen LogP) is 1.72. The summed E-state index contributed by atoms with van der Waals surface area (Å²) < 4.78 is 0. The Morgan fingerprint density at radius 1 is 1.43 bits per heavy atom. The third-order valence-electron chi connectivity index (χ3n) is 4.05. The molecule has 1 aromatic rings. The van der Waals surface area contributed by atoms with Crippen LogP contribution >= 0.6 is 23.1 Å². The van der Waals surface area contributed by atoms with Crippen LogP contribution < -0.4 is 5.32 Å². The van der Waals surface area contributed by atoms with Gasteiger partial charge < -0.3 is 5.32 Å². The van der Waals surface area contributed by atoms with E-state index in [2.05, 4.69) is 31.9 Å². The fourth-order valence-corrected chi connectivity index (χ4v) is 4.92. The normalized spacial score (nSPS) is 24.3. The molecule has 2 saturated heterocycles. The Morgan fingerprint density at radius 2 is 2.24 bits per heavy atom. The van der Waals surface area contributed by atoms with Crippen molar-refractivity contribution in [2.75, 3.05) is 43.0 Å². The second-order valence-corrected chi connectivity index (χ2v) is 7.66. The van der Waals surface area contributed by atoms with Crippen molar-refractivity contribution >= 4 is 34.1 Å². The zero-order valence-corrected chi connectivity index (χ0v) is 14.0. The standard InChI is InChI=1S/C14H22N4OS2/c1-11(19)15-14-16-12(9-21-14)8-17-3-5-18(6-4-17)13-2-7-20-10-13/h9,13H,2-8,10H2,1H3,(H,15,16,19)/t13-/m0/s1. The fourth-order valence-electron chi connectivity index (χ4n) is 2.91. The van der Waals surface area contributed by atoms with Crippen molar-refractivity contribution in [1.82, 2.24) is 14.8 Å². The van der Waals surface area contributed by atoms with Gasteiger partial charge in [0.05, 0.1) is 5.69 Å². The van der Waals surface area contributed by atoms with E-state index in [1.54, 1.807) is 0 Å². The van der Waals surface area contributed by atoms with E-state index in [-0.39, 0.29) is 5.91 Å². The molecule has 1 aromatic heterocycles. The smallest absolute Gasteiger partial charge is 0.223 e. The van der Waals surface area contributed by atoms with E-state index in [1.165, 1.54) is 49.3 Å². The summed E-state index contributed by atoms with van der Waals surface area (Å²) in [6.45, 7) is 7.00. The summed E-state index contributed by atoms with van der Waals surface area (Å²) in [5.74, 6) is 2.58. The van der Waals surface area contributed by atoms with Crippen molar-refractivity contribution in [1.29, 1.82) is 0 Å². The molecule has 0 radical (unpaired) electrons. The first kappa shape index (κ1) is 15.3. The van der Waals surface area contributed by atoms with Crippen molar-refractivity contribution in [3.05, 3.63) is 11.1 Å². The van der Waals surface area contributed by atoms with Crippen molar-refractivity contribution in [3.63, 3.8) is 0 Å². The molecular weight excluding hydrogens is 304 g/mol. The zero-order valence-electron chi connectivity index (χ0n) is 12.4. The summed E-state index contributed by atoms with van der Waals surface area (Å²) in [5.41, 5.74) is 1.06. The molecule has 3 heterocycles. The molecule has 116 valence electrons. The summed E-state index contributed by atoms with van der Waals surface area (Å²) in [6, 6.07) is 0.808. The largest absolute Gasteiger partial charge is 0.302 e. The van der Waals surface area contributed by atoms with Crippen LogP contribution in [-0.4, -0.2) is 64.4 Å². The number of anilines is 1. The summed E-state index contributed by atoms with van der Waals surface area (Å²) >= 11 is 3.59. The third kappa shape index (κ3) is 4.18. The second kappa shape index (κ2) is 7.09. The molecule has 0 unspecified atom stereocenters. The molecule has 3 rings (SSSR count). The quantitative estimate of drug-likeness (QED) is 0.913. The van der Waals surface area contributed by atoms with Gasteiger partial charge in [-0.2, -0.15) is 11.8 Å². The Bertz CT molecular complexity index is 479. The number of carbonyl (C=O) groups is 1. The van der Waals surface area contributed by atoms with Crippen LogP contribution in [0.2, 0.25) is 0 Å². The monoisotopic (exact) mass is 326 g/mol. The van der Waals surface area contributed by atoms with Crippen LogP contribution in [0.25, 0.3) is 0 Å². The van der Waals surface area contributed by atoms with Crippen LogP contribution in [0, 0.1) is 0 Å². The van der Waals surface area contributed by atoms with Gasteiger partial charge in [0, 0.05) is 56.8 Å². The highest BCUT2D eigenvalue weighted by molar-refractivity contribution is 7.99. The van der Waals surface area contributed by atoms with E-state index in [9.17, 15) is 4.79 Å². The molecule has 2 aliphatic heterocycles. The maximum Gasteiger partial charge on any atom is 0.223 e. The van der Waals surface area contributed by atoms with Crippen molar-refractivity contribution in [2.45, 2.75) is 25.9 Å². The summed E-state index contributed by atoms with van der Waals surface area (Å²) in [4.78, 5) is 20.6. The van der Waals surface area contributed by atoms with Crippen molar-refractivity contribution in [3.8, 4) is 0 Å². The van der Waals surface area contributed by atoms with Crippen LogP contribution in [0.1, 0.15) is 19.0 Å². The number of piperazine rings is 1.